The van der Waals surface area contributed by atoms with Crippen LogP contribution in [0.1, 0.15) is 12.6 Å². The number of H-pyrrole nitrogens is 1. The molecule has 0 saturated heterocycles. The third kappa shape index (κ3) is 2.92. The third-order valence-corrected chi connectivity index (χ3v) is 2.04. The number of aryl methyl sites for hydroxylation is 1. The summed E-state index contributed by atoms with van der Waals surface area (Å²) >= 11 is 1.37. The van der Waals surface area contributed by atoms with E-state index in [2.05, 4.69) is 27.0 Å². The SMILES string of the molecule is CC#CCSc1nnc(C)c(=O)[nH]1. The number of nitrogens with zero attached hydrogens (tertiary/aromatic N) is 2. The van der Waals surface area contributed by atoms with E-state index in [0.29, 0.717) is 16.6 Å². The van der Waals surface area contributed by atoms with Gasteiger partial charge in [-0.05, 0) is 13.8 Å². The van der Waals surface area contributed by atoms with Crippen LogP contribution in [0, 0.1) is 18.8 Å². The van der Waals surface area contributed by atoms with Crippen LogP contribution < -0.4 is 5.56 Å². The Bertz CT molecular complexity index is 402. The highest BCUT2D eigenvalue weighted by atomic mass is 32.2. The molecule has 13 heavy (non-hydrogen) atoms. The molecule has 0 aliphatic rings. The fourth-order valence-electron chi connectivity index (χ4n) is 0.620. The number of rotatable bonds is 2. The molecule has 0 radical (unpaired) electrons. The Hall–Kier alpha value is -1.28. The standard InChI is InChI=1S/C8H9N3OS/c1-3-4-5-13-8-9-7(12)6(2)10-11-8/h5H2,1-2H3,(H,9,11,12). The second-order valence-electron chi connectivity index (χ2n) is 2.26. The van der Waals surface area contributed by atoms with Crippen LogP contribution in [-0.2, 0) is 0 Å². The van der Waals surface area contributed by atoms with Crippen molar-refractivity contribution in [3.63, 3.8) is 0 Å². The lowest BCUT2D eigenvalue weighted by molar-refractivity contribution is 0.791. The van der Waals surface area contributed by atoms with Crippen molar-refractivity contribution in [2.45, 2.75) is 19.0 Å². The zero-order valence-corrected chi connectivity index (χ0v) is 8.23. The van der Waals surface area contributed by atoms with E-state index in [0.717, 1.165) is 0 Å². The molecule has 0 saturated carbocycles. The number of nitrogens with one attached hydrogen (secondary N) is 1. The molecular formula is C8H9N3OS. The lowest BCUT2D eigenvalue weighted by atomic mass is 10.5. The normalized spacial score (nSPS) is 9.08. The Morgan fingerprint density at radius 2 is 2.31 bits per heavy atom. The summed E-state index contributed by atoms with van der Waals surface area (Å²) < 4.78 is 0. The van der Waals surface area contributed by atoms with Gasteiger partial charge in [0.25, 0.3) is 5.56 Å². The molecule has 1 heterocycles. The van der Waals surface area contributed by atoms with Crippen molar-refractivity contribution in [3.05, 3.63) is 16.0 Å². The van der Waals surface area contributed by atoms with Gasteiger partial charge in [-0.15, -0.1) is 16.1 Å². The molecule has 0 fully saturated rings. The van der Waals surface area contributed by atoms with Crippen molar-refractivity contribution in [3.8, 4) is 11.8 Å². The molecule has 0 spiro atoms. The second-order valence-corrected chi connectivity index (χ2v) is 3.22. The van der Waals surface area contributed by atoms with Crippen molar-refractivity contribution in [2.24, 2.45) is 0 Å². The molecule has 0 aliphatic heterocycles. The minimum Gasteiger partial charge on any atom is -0.298 e. The van der Waals surface area contributed by atoms with E-state index in [1.807, 2.05) is 0 Å². The smallest absolute Gasteiger partial charge is 0.273 e. The maximum absolute atomic E-state index is 11.1. The van der Waals surface area contributed by atoms with Gasteiger partial charge >= 0.3 is 0 Å². The van der Waals surface area contributed by atoms with Crippen LogP contribution in [0.15, 0.2) is 9.95 Å². The number of hydrogen-bond donors (Lipinski definition) is 1. The lowest BCUT2D eigenvalue weighted by Gasteiger charge is -1.94. The molecule has 0 atom stereocenters. The van der Waals surface area contributed by atoms with Crippen molar-refractivity contribution in [1.82, 2.24) is 15.2 Å². The van der Waals surface area contributed by atoms with Crippen molar-refractivity contribution < 1.29 is 0 Å². The van der Waals surface area contributed by atoms with Crippen LogP contribution in [0.2, 0.25) is 0 Å². The fraction of sp³-hybridized carbons (Fsp3) is 0.375. The predicted molar refractivity (Wildman–Crippen MR) is 51.6 cm³/mol. The van der Waals surface area contributed by atoms with Gasteiger partial charge in [0.2, 0.25) is 0 Å². The average Bonchev–Trinajstić information content (AvgIpc) is 2.12. The van der Waals surface area contributed by atoms with E-state index >= 15 is 0 Å². The summed E-state index contributed by atoms with van der Waals surface area (Å²) in [6.45, 7) is 3.39. The van der Waals surface area contributed by atoms with Gasteiger partial charge in [0, 0.05) is 0 Å². The topological polar surface area (TPSA) is 58.6 Å². The first-order chi connectivity index (χ1) is 6.24. The first-order valence-electron chi connectivity index (χ1n) is 3.70. The summed E-state index contributed by atoms with van der Waals surface area (Å²) in [5.41, 5.74) is 0.188. The van der Waals surface area contributed by atoms with Gasteiger partial charge in [-0.25, -0.2) is 0 Å². The highest BCUT2D eigenvalue weighted by molar-refractivity contribution is 7.99. The molecule has 1 aromatic heterocycles. The largest absolute Gasteiger partial charge is 0.298 e. The number of aromatic nitrogens is 3. The monoisotopic (exact) mass is 195 g/mol. The number of aromatic amines is 1. The molecule has 1 aromatic rings. The maximum Gasteiger partial charge on any atom is 0.273 e. The minimum atomic E-state index is -0.193. The molecule has 68 valence electrons. The molecule has 0 aliphatic carbocycles. The van der Waals surface area contributed by atoms with Gasteiger partial charge in [-0.2, -0.15) is 0 Å². The summed E-state index contributed by atoms with van der Waals surface area (Å²) in [6.07, 6.45) is 0. The summed E-state index contributed by atoms with van der Waals surface area (Å²) in [6, 6.07) is 0. The molecule has 0 unspecified atom stereocenters. The molecule has 1 N–H and O–H groups in total. The lowest BCUT2D eigenvalue weighted by Crippen LogP contribution is -2.14. The Labute approximate surface area is 80.2 Å². The van der Waals surface area contributed by atoms with Gasteiger partial charge in [-0.3, -0.25) is 9.78 Å². The van der Waals surface area contributed by atoms with Crippen LogP contribution in [0.4, 0.5) is 0 Å². The van der Waals surface area contributed by atoms with E-state index in [4.69, 9.17) is 0 Å². The summed E-state index contributed by atoms with van der Waals surface area (Å²) in [4.78, 5) is 13.7. The van der Waals surface area contributed by atoms with Gasteiger partial charge < -0.3 is 0 Å². The fourth-order valence-corrected chi connectivity index (χ4v) is 1.24. The van der Waals surface area contributed by atoms with Gasteiger partial charge in [0.1, 0.15) is 5.69 Å². The summed E-state index contributed by atoms with van der Waals surface area (Å²) in [5.74, 6) is 6.22. The zero-order chi connectivity index (χ0) is 9.68. The van der Waals surface area contributed by atoms with Gasteiger partial charge in [0.15, 0.2) is 5.16 Å². The van der Waals surface area contributed by atoms with Crippen molar-refractivity contribution in [2.75, 3.05) is 5.75 Å². The van der Waals surface area contributed by atoms with Crippen LogP contribution in [0.5, 0.6) is 0 Å². The summed E-state index contributed by atoms with van der Waals surface area (Å²) in [5, 5.41) is 8.01. The van der Waals surface area contributed by atoms with Gasteiger partial charge in [-0.1, -0.05) is 17.7 Å². The van der Waals surface area contributed by atoms with E-state index < -0.39 is 0 Å². The molecular weight excluding hydrogens is 186 g/mol. The predicted octanol–water partition coefficient (Wildman–Crippen LogP) is 0.589. The van der Waals surface area contributed by atoms with Crippen LogP contribution in [-0.4, -0.2) is 20.9 Å². The van der Waals surface area contributed by atoms with E-state index in [1.54, 1.807) is 13.8 Å². The quantitative estimate of drug-likeness (QED) is 0.554. The zero-order valence-electron chi connectivity index (χ0n) is 7.42. The Morgan fingerprint density at radius 3 is 2.92 bits per heavy atom. The van der Waals surface area contributed by atoms with Gasteiger partial charge in [0.05, 0.1) is 5.75 Å². The third-order valence-electron chi connectivity index (χ3n) is 1.30. The van der Waals surface area contributed by atoms with Crippen LogP contribution in [0.25, 0.3) is 0 Å². The molecule has 0 aromatic carbocycles. The van der Waals surface area contributed by atoms with Crippen LogP contribution in [0.3, 0.4) is 0 Å². The van der Waals surface area contributed by atoms with E-state index in [1.165, 1.54) is 11.8 Å². The first-order valence-corrected chi connectivity index (χ1v) is 4.68. The Balaban J connectivity index is 2.72. The number of thioether (sulfide) groups is 1. The highest BCUT2D eigenvalue weighted by Crippen LogP contribution is 2.07. The molecule has 4 nitrogen and oxygen atoms in total. The summed E-state index contributed by atoms with van der Waals surface area (Å²) in [7, 11) is 0. The highest BCUT2D eigenvalue weighted by Gasteiger charge is 1.98. The molecule has 0 amide bonds. The van der Waals surface area contributed by atoms with Crippen LogP contribution >= 0.6 is 11.8 Å². The molecule has 5 heteroatoms. The Kier molecular flexibility index (Phi) is 3.53. The average molecular weight is 195 g/mol. The first kappa shape index (κ1) is 9.81. The maximum atomic E-state index is 11.1. The van der Waals surface area contributed by atoms with E-state index in [9.17, 15) is 4.79 Å². The Morgan fingerprint density at radius 1 is 1.54 bits per heavy atom. The minimum absolute atomic E-state index is 0.193. The number of hydrogen-bond acceptors (Lipinski definition) is 4. The molecule has 0 bridgehead atoms. The molecule has 1 rings (SSSR count). The van der Waals surface area contributed by atoms with E-state index in [-0.39, 0.29) is 5.56 Å². The van der Waals surface area contributed by atoms with Crippen molar-refractivity contribution in [1.29, 1.82) is 0 Å². The van der Waals surface area contributed by atoms with Crippen molar-refractivity contribution >= 4 is 11.8 Å². The second kappa shape index (κ2) is 4.67.